The van der Waals surface area contributed by atoms with Crippen molar-refractivity contribution in [3.63, 3.8) is 0 Å². The molecule has 2 fully saturated rings. The molecule has 8 heteroatoms. The first-order valence-corrected chi connectivity index (χ1v) is 9.53. The number of piperidine rings is 1. The van der Waals surface area contributed by atoms with Crippen LogP contribution >= 0.6 is 0 Å². The van der Waals surface area contributed by atoms with E-state index in [2.05, 4.69) is 14.9 Å². The molecule has 1 aromatic rings. The van der Waals surface area contributed by atoms with Gasteiger partial charge in [0.25, 0.3) is 0 Å². The Morgan fingerprint density at radius 1 is 1.23 bits per heavy atom. The van der Waals surface area contributed by atoms with Crippen LogP contribution in [0.2, 0.25) is 0 Å². The Labute approximate surface area is 156 Å². The first-order chi connectivity index (χ1) is 12.3. The fraction of sp³-hybridized carbons (Fsp3) is 0.778. The number of hydrogen-bond donors (Lipinski definition) is 1. The third-order valence-corrected chi connectivity index (χ3v) is 5.67. The van der Waals surface area contributed by atoms with Crippen molar-refractivity contribution in [2.24, 2.45) is 11.7 Å². The molecule has 0 unspecified atom stereocenters. The molecule has 2 N–H and O–H groups in total. The largest absolute Gasteiger partial charge is 0.498 e. The third kappa shape index (κ3) is 4.36. The van der Waals surface area contributed by atoms with Crippen molar-refractivity contribution in [2.45, 2.75) is 51.7 Å². The monoisotopic (exact) mass is 362 g/mol. The Balaban J connectivity index is 1.52. The number of nitrogens with zero attached hydrogens (tertiary/aromatic N) is 3. The number of aromatic nitrogens is 2. The van der Waals surface area contributed by atoms with Crippen LogP contribution < -0.4 is 15.9 Å². The van der Waals surface area contributed by atoms with Crippen molar-refractivity contribution in [3.8, 4) is 6.01 Å². The Kier molecular flexibility index (Phi) is 5.86. The van der Waals surface area contributed by atoms with E-state index in [-0.39, 0.29) is 11.2 Å². The fourth-order valence-electron chi connectivity index (χ4n) is 3.37. The normalized spacial score (nSPS) is 25.4. The van der Waals surface area contributed by atoms with Crippen LogP contribution in [0.15, 0.2) is 12.4 Å². The Hall–Kier alpha value is -1.22. The molecule has 26 heavy (non-hydrogen) atoms. The summed E-state index contributed by atoms with van der Waals surface area (Å²) in [5.41, 5.74) is 5.72. The lowest BCUT2D eigenvalue weighted by molar-refractivity contribution is 0.00578. The van der Waals surface area contributed by atoms with E-state index in [1.54, 1.807) is 12.4 Å². The second-order valence-electron chi connectivity index (χ2n) is 8.30. The minimum absolute atomic E-state index is 0.372. The topological polar surface area (TPSA) is 82.7 Å². The highest BCUT2D eigenvalue weighted by Crippen LogP contribution is 2.36. The van der Waals surface area contributed by atoms with Crippen LogP contribution in [0.25, 0.3) is 0 Å². The van der Waals surface area contributed by atoms with E-state index in [1.165, 1.54) is 12.8 Å². The minimum atomic E-state index is -0.447. The first-order valence-electron chi connectivity index (χ1n) is 9.53. The smallest absolute Gasteiger partial charge is 0.463 e. The highest BCUT2D eigenvalue weighted by molar-refractivity contribution is 6.61. The van der Waals surface area contributed by atoms with Crippen LogP contribution in [0, 0.1) is 5.92 Å². The average molecular weight is 362 g/mol. The Morgan fingerprint density at radius 3 is 2.50 bits per heavy atom. The lowest BCUT2D eigenvalue weighted by atomic mass is 9.81. The molecular formula is C18H31BN4O3. The van der Waals surface area contributed by atoms with Crippen molar-refractivity contribution in [2.75, 3.05) is 32.8 Å². The van der Waals surface area contributed by atoms with Crippen molar-refractivity contribution < 1.29 is 14.0 Å². The molecule has 0 radical (unpaired) electrons. The molecule has 1 aromatic heterocycles. The third-order valence-electron chi connectivity index (χ3n) is 5.67. The van der Waals surface area contributed by atoms with Gasteiger partial charge in [-0.05, 0) is 47.1 Å². The van der Waals surface area contributed by atoms with Gasteiger partial charge in [0.1, 0.15) is 0 Å². The number of rotatable bonds is 6. The van der Waals surface area contributed by atoms with E-state index in [1.807, 2.05) is 27.7 Å². The van der Waals surface area contributed by atoms with Gasteiger partial charge in [0, 0.05) is 43.4 Å². The maximum atomic E-state index is 6.02. The molecule has 0 aromatic carbocycles. The molecule has 3 heterocycles. The van der Waals surface area contributed by atoms with Gasteiger partial charge >= 0.3 is 13.1 Å². The van der Waals surface area contributed by atoms with Crippen LogP contribution in [0.4, 0.5) is 0 Å². The summed E-state index contributed by atoms with van der Waals surface area (Å²) >= 11 is 0. The number of likely N-dealkylation sites (tertiary alicyclic amines) is 1. The maximum Gasteiger partial charge on any atom is 0.498 e. The molecule has 0 amide bonds. The van der Waals surface area contributed by atoms with E-state index >= 15 is 0 Å². The predicted molar refractivity (Wildman–Crippen MR) is 101 cm³/mol. The summed E-state index contributed by atoms with van der Waals surface area (Å²) in [6.45, 7) is 12.6. The van der Waals surface area contributed by atoms with Crippen LogP contribution in [-0.4, -0.2) is 66.0 Å². The molecule has 2 aliphatic heterocycles. The highest BCUT2D eigenvalue weighted by Gasteiger charge is 2.51. The van der Waals surface area contributed by atoms with Gasteiger partial charge in [-0.2, -0.15) is 0 Å². The second-order valence-corrected chi connectivity index (χ2v) is 8.30. The highest BCUT2D eigenvalue weighted by atomic mass is 16.7. The van der Waals surface area contributed by atoms with Crippen molar-refractivity contribution in [1.82, 2.24) is 14.9 Å². The molecule has 0 saturated carbocycles. The SMILES string of the molecule is CC1(C)OB(c2cnc(OC[C@H]3CCCN(CCN)C3)nc2)OC1(C)C. The first kappa shape index (κ1) is 19.5. The van der Waals surface area contributed by atoms with Crippen LogP contribution in [-0.2, 0) is 9.31 Å². The van der Waals surface area contributed by atoms with E-state index in [9.17, 15) is 0 Å². The minimum Gasteiger partial charge on any atom is -0.463 e. The van der Waals surface area contributed by atoms with E-state index < -0.39 is 7.12 Å². The molecule has 3 rings (SSSR count). The quantitative estimate of drug-likeness (QED) is 0.751. The summed E-state index contributed by atoms with van der Waals surface area (Å²) in [5.74, 6) is 0.502. The van der Waals surface area contributed by atoms with E-state index in [4.69, 9.17) is 19.8 Å². The fourth-order valence-corrected chi connectivity index (χ4v) is 3.37. The summed E-state index contributed by atoms with van der Waals surface area (Å²) < 4.78 is 17.9. The van der Waals surface area contributed by atoms with Gasteiger partial charge in [0.2, 0.25) is 0 Å². The average Bonchev–Trinajstić information content (AvgIpc) is 2.82. The number of ether oxygens (including phenoxy) is 1. The Morgan fingerprint density at radius 2 is 1.88 bits per heavy atom. The zero-order valence-electron chi connectivity index (χ0n) is 16.4. The van der Waals surface area contributed by atoms with Crippen LogP contribution in [0.3, 0.4) is 0 Å². The zero-order valence-corrected chi connectivity index (χ0v) is 16.4. The second kappa shape index (κ2) is 7.80. The van der Waals surface area contributed by atoms with Crippen molar-refractivity contribution in [1.29, 1.82) is 0 Å². The molecule has 1 atom stereocenters. The number of nitrogens with two attached hydrogens (primary N) is 1. The van der Waals surface area contributed by atoms with Gasteiger partial charge in [-0.15, -0.1) is 0 Å². The van der Waals surface area contributed by atoms with Crippen LogP contribution in [0.1, 0.15) is 40.5 Å². The molecule has 0 spiro atoms. The van der Waals surface area contributed by atoms with Gasteiger partial charge in [-0.3, -0.25) is 0 Å². The van der Waals surface area contributed by atoms with E-state index in [0.717, 1.165) is 25.1 Å². The molecule has 144 valence electrons. The molecule has 0 bridgehead atoms. The summed E-state index contributed by atoms with van der Waals surface area (Å²) in [6.07, 6.45) is 5.82. The van der Waals surface area contributed by atoms with Crippen molar-refractivity contribution >= 4 is 12.6 Å². The molecular weight excluding hydrogens is 331 g/mol. The maximum absolute atomic E-state index is 6.02. The van der Waals surface area contributed by atoms with E-state index in [0.29, 0.717) is 25.1 Å². The standard InChI is InChI=1S/C18H31BN4O3/c1-17(2)18(3,4)26-19(25-17)15-10-21-16(22-11-15)24-13-14-6-5-8-23(12-14)9-7-20/h10-11,14H,5-9,12-13,20H2,1-4H3/t14-/m0/s1. The number of hydrogen-bond acceptors (Lipinski definition) is 7. The van der Waals surface area contributed by atoms with Gasteiger partial charge in [-0.25, -0.2) is 9.97 Å². The molecule has 7 nitrogen and oxygen atoms in total. The Bertz CT molecular complexity index is 579. The van der Waals surface area contributed by atoms with Gasteiger partial charge in [0.15, 0.2) is 0 Å². The summed E-state index contributed by atoms with van der Waals surface area (Å²) in [7, 11) is -0.447. The zero-order chi connectivity index (χ0) is 18.8. The van der Waals surface area contributed by atoms with Crippen molar-refractivity contribution in [3.05, 3.63) is 12.4 Å². The van der Waals surface area contributed by atoms with Crippen LogP contribution in [0.5, 0.6) is 6.01 Å². The molecule has 2 aliphatic rings. The lowest BCUT2D eigenvalue weighted by Crippen LogP contribution is -2.41. The van der Waals surface area contributed by atoms with Gasteiger partial charge in [-0.1, -0.05) is 0 Å². The molecule has 2 saturated heterocycles. The summed E-state index contributed by atoms with van der Waals surface area (Å²) in [4.78, 5) is 11.1. The summed E-state index contributed by atoms with van der Waals surface area (Å²) in [6, 6.07) is 0.404. The molecule has 0 aliphatic carbocycles. The predicted octanol–water partition coefficient (Wildman–Crippen LogP) is 0.825. The summed E-state index contributed by atoms with van der Waals surface area (Å²) in [5, 5.41) is 0. The van der Waals surface area contributed by atoms with Gasteiger partial charge < -0.3 is 24.7 Å². The lowest BCUT2D eigenvalue weighted by Gasteiger charge is -2.32. The van der Waals surface area contributed by atoms with Gasteiger partial charge in [0.05, 0.1) is 17.8 Å².